The average molecular weight is 993 g/mol. The summed E-state index contributed by atoms with van der Waals surface area (Å²) in [6, 6.07) is 6.44. The van der Waals surface area contributed by atoms with Crippen molar-refractivity contribution in [3.05, 3.63) is 30.5 Å². The topological polar surface area (TPSA) is 205 Å². The zero-order chi connectivity index (χ0) is 50.6. The molecule has 4 saturated heterocycles. The first kappa shape index (κ1) is 56.4. The number of aliphatic hydroxyl groups excluding tert-OH is 1. The number of aliphatic hydroxyl groups is 1. The lowest BCUT2D eigenvalue weighted by Crippen LogP contribution is -2.62. The number of carbonyl (C=O) groups excluding carboxylic acids is 3. The highest BCUT2D eigenvalue weighted by Crippen LogP contribution is 2.41. The summed E-state index contributed by atoms with van der Waals surface area (Å²) in [5.41, 5.74) is 5.92. The number of morpholine rings is 1. The van der Waals surface area contributed by atoms with Crippen LogP contribution in [0.5, 0.6) is 0 Å². The van der Waals surface area contributed by atoms with Gasteiger partial charge in [-0.1, -0.05) is 38.1 Å². The van der Waals surface area contributed by atoms with Gasteiger partial charge in [0, 0.05) is 80.9 Å². The van der Waals surface area contributed by atoms with Crippen molar-refractivity contribution in [3.8, 4) is 11.3 Å². The number of likely N-dealkylation sites (N-methyl/N-ethyl adjacent to an activating group) is 1. The van der Waals surface area contributed by atoms with Crippen LogP contribution in [0.2, 0.25) is 0 Å². The number of nitrogens with zero attached hydrogens (tertiary/aromatic N) is 6. The Morgan fingerprint density at radius 1 is 1.07 bits per heavy atom. The van der Waals surface area contributed by atoms with E-state index in [9.17, 15) is 23.4 Å². The number of hydrogen-bond donors (Lipinski definition) is 3. The minimum absolute atomic E-state index is 0.0417. The lowest BCUT2D eigenvalue weighted by Gasteiger charge is -2.46. The molecule has 4 fully saturated rings. The Kier molecular flexibility index (Phi) is 21.1. The van der Waals surface area contributed by atoms with Crippen LogP contribution in [-0.4, -0.2) is 186 Å². The summed E-state index contributed by atoms with van der Waals surface area (Å²) < 4.78 is 49.8. The van der Waals surface area contributed by atoms with E-state index in [0.717, 1.165) is 30.9 Å². The zero-order valence-corrected chi connectivity index (χ0v) is 43.6. The van der Waals surface area contributed by atoms with Crippen LogP contribution in [-0.2, 0) is 44.6 Å². The standard InChI is InChI=1S/C48H78N8O10.CH3FS/c1-11-39-48(7)42(56(46(60)66-48)19-13-12-18-55-29-37(51-52-55)34-15-14-16-35(49)26-34)36(17-20-54-21-23-62-24-22-54)50-28-30(2)27-47(6,61-10)43(32(4)40(57)33(5)44(59)64-39)65-45-41(58)38(53(8)9)25-31(3)63-45;1-3-2/h14-16,26,29-33,36,38-39,41-43,45,50,58H,11-13,17-25,27-28,49H2,1-10H3;1H3/t30-,31-,32+,33-,36-,38?,39-,41?,42-,43-,45+,47-,48-;/m1./s1. The first-order valence-corrected chi connectivity index (χ1v) is 25.8. The number of rotatable bonds is 14. The Balaban J connectivity index is 0.00000288. The van der Waals surface area contributed by atoms with E-state index < -0.39 is 71.5 Å². The fraction of sp³-hybridized carbons (Fsp3) is 0.776. The van der Waals surface area contributed by atoms with Gasteiger partial charge in [-0.2, -0.15) is 3.89 Å². The molecule has 4 aliphatic heterocycles. The van der Waals surface area contributed by atoms with E-state index in [1.54, 1.807) is 25.6 Å². The van der Waals surface area contributed by atoms with Crippen LogP contribution in [0, 0.1) is 17.8 Å². The maximum absolute atomic E-state index is 14.6. The molecule has 0 aliphatic carbocycles. The number of nitrogen functional groups attached to an aromatic ring is 1. The van der Waals surface area contributed by atoms with Crippen molar-refractivity contribution in [1.82, 2.24) is 35.0 Å². The number of anilines is 1. The lowest BCUT2D eigenvalue weighted by molar-refractivity contribution is -0.295. The highest BCUT2D eigenvalue weighted by molar-refractivity contribution is 7.93. The minimum Gasteiger partial charge on any atom is -0.458 e. The van der Waals surface area contributed by atoms with Crippen LogP contribution >= 0.6 is 12.1 Å². The van der Waals surface area contributed by atoms with Crippen molar-refractivity contribution in [2.24, 2.45) is 17.8 Å². The molecule has 390 valence electrons. The number of amides is 1. The number of cyclic esters (lactones) is 1. The number of methoxy groups -OCH3 is 1. The molecule has 4 N–H and O–H groups in total. The van der Waals surface area contributed by atoms with E-state index in [1.165, 1.54) is 6.26 Å². The van der Waals surface area contributed by atoms with E-state index in [4.69, 9.17) is 34.2 Å². The molecule has 0 spiro atoms. The van der Waals surface area contributed by atoms with E-state index >= 15 is 0 Å². The van der Waals surface area contributed by atoms with Gasteiger partial charge in [-0.15, -0.1) is 5.10 Å². The number of ether oxygens (including phenoxy) is 6. The fourth-order valence-electron chi connectivity index (χ4n) is 10.7. The third kappa shape index (κ3) is 14.2. The first-order valence-electron chi connectivity index (χ1n) is 24.7. The molecule has 0 bridgehead atoms. The number of benzene rings is 1. The van der Waals surface area contributed by atoms with Gasteiger partial charge in [-0.25, -0.2) is 4.79 Å². The van der Waals surface area contributed by atoms with E-state index in [1.807, 2.05) is 82.1 Å². The van der Waals surface area contributed by atoms with Gasteiger partial charge in [-0.3, -0.25) is 24.1 Å². The van der Waals surface area contributed by atoms with E-state index in [2.05, 4.69) is 27.5 Å². The van der Waals surface area contributed by atoms with Gasteiger partial charge < -0.3 is 49.5 Å². The molecule has 20 heteroatoms. The molecule has 5 heterocycles. The molecule has 0 saturated carbocycles. The molecule has 13 atom stereocenters. The summed E-state index contributed by atoms with van der Waals surface area (Å²) in [5, 5.41) is 24.2. The summed E-state index contributed by atoms with van der Waals surface area (Å²) in [6.45, 7) is 18.2. The van der Waals surface area contributed by atoms with Crippen LogP contribution in [0.15, 0.2) is 30.5 Å². The van der Waals surface area contributed by atoms with Crippen molar-refractivity contribution < 1.29 is 51.8 Å². The number of nitrogens with two attached hydrogens (primary N) is 1. The Morgan fingerprint density at radius 2 is 1.77 bits per heavy atom. The minimum atomic E-state index is -1.28. The van der Waals surface area contributed by atoms with E-state index in [0.29, 0.717) is 77.1 Å². The molecular weight excluding hydrogens is 912 g/mol. The Bertz CT molecular complexity index is 1950. The molecular formula is C49H81FN8O10S. The Hall–Kier alpha value is -3.47. The summed E-state index contributed by atoms with van der Waals surface area (Å²) >= 11 is 0.250. The number of hydrogen-bond acceptors (Lipinski definition) is 17. The summed E-state index contributed by atoms with van der Waals surface area (Å²) in [5.74, 6) is -3.22. The molecule has 69 heavy (non-hydrogen) atoms. The van der Waals surface area contributed by atoms with Gasteiger partial charge in [0.2, 0.25) is 0 Å². The van der Waals surface area contributed by atoms with Gasteiger partial charge in [0.05, 0.1) is 43.3 Å². The smallest absolute Gasteiger partial charge is 0.410 e. The number of Topliss-reactive ketones (excluding diaryl/α,β-unsaturated/α-hetero) is 1. The molecule has 1 aromatic heterocycles. The number of esters is 1. The highest BCUT2D eigenvalue weighted by Gasteiger charge is 2.59. The number of nitrogens with one attached hydrogen (secondary N) is 1. The van der Waals surface area contributed by atoms with Crippen molar-refractivity contribution >= 4 is 35.7 Å². The zero-order valence-electron chi connectivity index (χ0n) is 42.8. The van der Waals surface area contributed by atoms with Gasteiger partial charge >= 0.3 is 12.1 Å². The molecule has 2 unspecified atom stereocenters. The first-order chi connectivity index (χ1) is 32.8. The molecule has 4 aliphatic rings. The average Bonchev–Trinajstić information content (AvgIpc) is 3.90. The maximum atomic E-state index is 14.6. The number of ketones is 1. The third-order valence-electron chi connectivity index (χ3n) is 14.5. The Morgan fingerprint density at radius 3 is 2.42 bits per heavy atom. The SMILES string of the molecule is CC[C@H]1OC(=O)[C@H](C)C(=O)[C@H](C)[C@@H](O[C@@H]2O[C@H](C)CC(N(C)C)C2O)[C@](C)(OC)C[C@@H](C)CN[C@H](CCN2CCOCC2)[C@H]2N(CCCCn3cc(-c4cccc(N)c4)nn3)C(=O)O[C@]12C.CSF. The van der Waals surface area contributed by atoms with Crippen LogP contribution in [0.3, 0.4) is 0 Å². The molecule has 18 nitrogen and oxygen atoms in total. The number of carbonyl (C=O) groups is 3. The van der Waals surface area contributed by atoms with Crippen LogP contribution in [0.4, 0.5) is 14.4 Å². The van der Waals surface area contributed by atoms with Gasteiger partial charge in [0.1, 0.15) is 23.8 Å². The Labute approximate surface area is 413 Å². The quantitative estimate of drug-likeness (QED) is 0.0961. The summed E-state index contributed by atoms with van der Waals surface area (Å²) in [7, 11) is 5.42. The number of aromatic nitrogens is 3. The molecule has 0 radical (unpaired) electrons. The fourth-order valence-corrected chi connectivity index (χ4v) is 10.7. The predicted molar refractivity (Wildman–Crippen MR) is 263 cm³/mol. The van der Waals surface area contributed by atoms with Crippen molar-refractivity contribution in [2.45, 2.75) is 154 Å². The predicted octanol–water partition coefficient (Wildman–Crippen LogP) is 5.22. The van der Waals surface area contributed by atoms with Crippen molar-refractivity contribution in [2.75, 3.05) is 79.1 Å². The van der Waals surface area contributed by atoms with E-state index in [-0.39, 0.29) is 36.3 Å². The maximum Gasteiger partial charge on any atom is 0.410 e. The van der Waals surface area contributed by atoms with Gasteiger partial charge in [0.25, 0.3) is 0 Å². The monoisotopic (exact) mass is 993 g/mol. The second-order valence-electron chi connectivity index (χ2n) is 20.0. The second kappa shape index (κ2) is 25.8. The number of halogens is 1. The lowest BCUT2D eigenvalue weighted by atomic mass is 9.78. The van der Waals surface area contributed by atoms with Crippen molar-refractivity contribution in [1.29, 1.82) is 0 Å². The summed E-state index contributed by atoms with van der Waals surface area (Å²) in [6.07, 6.45) is 2.12. The highest BCUT2D eigenvalue weighted by atomic mass is 32.2. The van der Waals surface area contributed by atoms with Gasteiger partial charge in [-0.05, 0) is 111 Å². The number of fused-ring (bicyclic) bond motifs is 1. The van der Waals surface area contributed by atoms with Gasteiger partial charge in [0.15, 0.2) is 17.7 Å². The summed E-state index contributed by atoms with van der Waals surface area (Å²) in [4.78, 5) is 49.4. The van der Waals surface area contributed by atoms with Crippen LogP contribution < -0.4 is 11.1 Å². The van der Waals surface area contributed by atoms with Crippen LogP contribution in [0.1, 0.15) is 87.0 Å². The van der Waals surface area contributed by atoms with Crippen molar-refractivity contribution in [3.63, 3.8) is 0 Å². The van der Waals surface area contributed by atoms with Crippen LogP contribution in [0.25, 0.3) is 11.3 Å². The number of aryl methyl sites for hydroxylation is 1. The molecule has 6 rings (SSSR count). The third-order valence-corrected chi connectivity index (χ3v) is 14.5. The molecule has 1 aromatic carbocycles. The normalized spacial score (nSPS) is 34.3. The molecule has 2 aromatic rings. The largest absolute Gasteiger partial charge is 0.458 e. The number of unbranched alkanes of at least 4 members (excludes halogenated alkanes) is 1. The molecule has 1 amide bonds. The second-order valence-corrected chi connectivity index (χ2v) is 20.3.